The number of amides is 3. The first-order valence-corrected chi connectivity index (χ1v) is 9.46. The summed E-state index contributed by atoms with van der Waals surface area (Å²) in [6.45, 7) is 2.28. The van der Waals surface area contributed by atoms with Crippen LogP contribution in [0.2, 0.25) is 0 Å². The normalized spacial score (nSPS) is 17.9. The first kappa shape index (κ1) is 20.9. The predicted molar refractivity (Wildman–Crippen MR) is 100 cm³/mol. The molecule has 0 spiro atoms. The molecule has 1 aromatic rings. The molecule has 1 heterocycles. The molecule has 0 aromatic heterocycles. The number of hydrogen-bond donors (Lipinski definition) is 3. The molecule has 0 radical (unpaired) electrons. The van der Waals surface area contributed by atoms with Crippen molar-refractivity contribution in [2.45, 2.75) is 64.0 Å². The van der Waals surface area contributed by atoms with E-state index in [1.807, 2.05) is 31.2 Å². The lowest BCUT2D eigenvalue weighted by Gasteiger charge is -2.23. The standard InChI is InChI=1S/C20H28N2O5/c1-14-8-10-15(11-9-14)17(23)12-13-22-16(19(26)21-20(22)27)6-4-2-3-5-7-18(24)25/h8-11,16-17,23H,2-7,12-13H2,1H3,(H,24,25)(H,21,26,27). The minimum absolute atomic E-state index is 0.158. The number of carboxylic acid groups (broad SMARTS) is 1. The van der Waals surface area contributed by atoms with E-state index < -0.39 is 24.1 Å². The highest BCUT2D eigenvalue weighted by molar-refractivity contribution is 6.04. The maximum absolute atomic E-state index is 12.0. The fourth-order valence-electron chi connectivity index (χ4n) is 3.27. The van der Waals surface area contributed by atoms with E-state index in [4.69, 9.17) is 5.11 Å². The molecule has 1 fully saturated rings. The minimum Gasteiger partial charge on any atom is -0.481 e. The Morgan fingerprint density at radius 3 is 2.48 bits per heavy atom. The van der Waals surface area contributed by atoms with Gasteiger partial charge in [-0.05, 0) is 31.7 Å². The molecule has 2 rings (SSSR count). The second kappa shape index (κ2) is 10.1. The molecule has 1 aliphatic rings. The maximum atomic E-state index is 12.0. The van der Waals surface area contributed by atoms with Crippen LogP contribution in [0.15, 0.2) is 24.3 Å². The Kier molecular flexibility index (Phi) is 7.79. The molecule has 27 heavy (non-hydrogen) atoms. The molecule has 7 nitrogen and oxygen atoms in total. The van der Waals surface area contributed by atoms with E-state index >= 15 is 0 Å². The third-order valence-electron chi connectivity index (χ3n) is 4.89. The Bertz CT molecular complexity index is 659. The first-order valence-electron chi connectivity index (χ1n) is 9.46. The molecule has 0 bridgehead atoms. The van der Waals surface area contributed by atoms with Gasteiger partial charge >= 0.3 is 12.0 Å². The summed E-state index contributed by atoms with van der Waals surface area (Å²) in [4.78, 5) is 36.1. The van der Waals surface area contributed by atoms with Crippen LogP contribution in [0.1, 0.15) is 62.2 Å². The zero-order valence-electron chi connectivity index (χ0n) is 15.7. The third kappa shape index (κ3) is 6.36. The van der Waals surface area contributed by atoms with E-state index in [1.54, 1.807) is 0 Å². The number of carbonyl (C=O) groups is 3. The number of aryl methyl sites for hydroxylation is 1. The van der Waals surface area contributed by atoms with Gasteiger partial charge in [-0.25, -0.2) is 4.79 Å². The van der Waals surface area contributed by atoms with Crippen LogP contribution in [0, 0.1) is 6.92 Å². The first-order chi connectivity index (χ1) is 12.9. The monoisotopic (exact) mass is 376 g/mol. The number of nitrogens with one attached hydrogen (secondary N) is 1. The zero-order valence-corrected chi connectivity index (χ0v) is 15.7. The van der Waals surface area contributed by atoms with Gasteiger partial charge in [0.05, 0.1) is 6.10 Å². The molecule has 3 N–H and O–H groups in total. The number of carbonyl (C=O) groups excluding carboxylic acids is 2. The molecule has 1 saturated heterocycles. The number of carboxylic acids is 1. The lowest BCUT2D eigenvalue weighted by Crippen LogP contribution is -2.36. The van der Waals surface area contributed by atoms with Crippen LogP contribution in [0.5, 0.6) is 0 Å². The number of imide groups is 1. The molecule has 0 saturated carbocycles. The quantitative estimate of drug-likeness (QED) is 0.407. The third-order valence-corrected chi connectivity index (χ3v) is 4.89. The molecular weight excluding hydrogens is 348 g/mol. The summed E-state index contributed by atoms with van der Waals surface area (Å²) in [7, 11) is 0. The highest BCUT2D eigenvalue weighted by Crippen LogP contribution is 2.21. The molecular formula is C20H28N2O5. The minimum atomic E-state index is -0.797. The summed E-state index contributed by atoms with van der Waals surface area (Å²) in [5.41, 5.74) is 1.90. The molecule has 0 aliphatic carbocycles. The Hall–Kier alpha value is -2.41. The molecule has 3 amide bonds. The van der Waals surface area contributed by atoms with Gasteiger partial charge in [0.1, 0.15) is 6.04 Å². The van der Waals surface area contributed by atoms with Gasteiger partial charge in [-0.1, -0.05) is 49.1 Å². The lowest BCUT2D eigenvalue weighted by atomic mass is 10.0. The van der Waals surface area contributed by atoms with Crippen LogP contribution < -0.4 is 5.32 Å². The Labute approximate surface area is 159 Å². The Morgan fingerprint density at radius 2 is 1.81 bits per heavy atom. The number of nitrogens with zero attached hydrogens (tertiary/aromatic N) is 1. The lowest BCUT2D eigenvalue weighted by molar-refractivity contribution is -0.137. The topological polar surface area (TPSA) is 107 Å². The number of urea groups is 1. The molecule has 148 valence electrons. The van der Waals surface area contributed by atoms with Crippen LogP contribution in [0.25, 0.3) is 0 Å². The van der Waals surface area contributed by atoms with Gasteiger partial charge in [0, 0.05) is 13.0 Å². The van der Waals surface area contributed by atoms with Gasteiger partial charge in [-0.15, -0.1) is 0 Å². The van der Waals surface area contributed by atoms with Crippen molar-refractivity contribution in [1.29, 1.82) is 0 Å². The second-order valence-electron chi connectivity index (χ2n) is 7.07. The number of aliphatic carboxylic acids is 1. The van der Waals surface area contributed by atoms with Crippen molar-refractivity contribution in [3.05, 3.63) is 35.4 Å². The highest BCUT2D eigenvalue weighted by Gasteiger charge is 2.37. The summed E-state index contributed by atoms with van der Waals surface area (Å²) < 4.78 is 0. The van der Waals surface area contributed by atoms with Crippen LogP contribution in [-0.4, -0.2) is 45.6 Å². The summed E-state index contributed by atoms with van der Waals surface area (Å²) in [5, 5.41) is 21.3. The van der Waals surface area contributed by atoms with E-state index in [9.17, 15) is 19.5 Å². The average Bonchev–Trinajstić information content (AvgIpc) is 2.89. The van der Waals surface area contributed by atoms with Crippen molar-refractivity contribution in [2.75, 3.05) is 6.54 Å². The Morgan fingerprint density at radius 1 is 1.15 bits per heavy atom. The molecule has 1 aliphatic heterocycles. The number of benzene rings is 1. The fraction of sp³-hybridized carbons (Fsp3) is 0.550. The zero-order chi connectivity index (χ0) is 19.8. The fourth-order valence-corrected chi connectivity index (χ4v) is 3.27. The number of rotatable bonds is 11. The van der Waals surface area contributed by atoms with Gasteiger partial charge in [0.25, 0.3) is 5.91 Å². The van der Waals surface area contributed by atoms with Crippen molar-refractivity contribution in [3.8, 4) is 0 Å². The number of unbranched alkanes of at least 4 members (excludes halogenated alkanes) is 3. The summed E-state index contributed by atoms with van der Waals surface area (Å²) in [6.07, 6.45) is 3.37. The van der Waals surface area contributed by atoms with E-state index in [0.717, 1.165) is 30.4 Å². The van der Waals surface area contributed by atoms with Gasteiger partial charge in [0.15, 0.2) is 0 Å². The molecule has 2 atom stereocenters. The maximum Gasteiger partial charge on any atom is 0.324 e. The largest absolute Gasteiger partial charge is 0.481 e. The van der Waals surface area contributed by atoms with Gasteiger partial charge in [-0.2, -0.15) is 0 Å². The molecule has 2 unspecified atom stereocenters. The van der Waals surface area contributed by atoms with Crippen molar-refractivity contribution in [2.24, 2.45) is 0 Å². The van der Waals surface area contributed by atoms with Crippen molar-refractivity contribution >= 4 is 17.9 Å². The molecule has 7 heteroatoms. The molecule has 1 aromatic carbocycles. The highest BCUT2D eigenvalue weighted by atomic mass is 16.4. The number of aliphatic hydroxyl groups is 1. The van der Waals surface area contributed by atoms with Crippen LogP contribution in [-0.2, 0) is 9.59 Å². The van der Waals surface area contributed by atoms with Crippen LogP contribution >= 0.6 is 0 Å². The van der Waals surface area contributed by atoms with Gasteiger partial charge in [0.2, 0.25) is 0 Å². The van der Waals surface area contributed by atoms with E-state index in [0.29, 0.717) is 25.8 Å². The van der Waals surface area contributed by atoms with Crippen LogP contribution in [0.4, 0.5) is 4.79 Å². The van der Waals surface area contributed by atoms with E-state index in [2.05, 4.69) is 5.32 Å². The number of aliphatic hydroxyl groups excluding tert-OH is 1. The van der Waals surface area contributed by atoms with E-state index in [1.165, 1.54) is 4.90 Å². The Balaban J connectivity index is 1.80. The van der Waals surface area contributed by atoms with Crippen molar-refractivity contribution in [1.82, 2.24) is 10.2 Å². The predicted octanol–water partition coefficient (Wildman–Crippen LogP) is 2.76. The summed E-state index contributed by atoms with van der Waals surface area (Å²) in [6, 6.07) is 6.66. The SMILES string of the molecule is Cc1ccc(C(O)CCN2C(=O)NC(=O)C2CCCCCCC(=O)O)cc1. The van der Waals surface area contributed by atoms with Gasteiger partial charge < -0.3 is 15.1 Å². The van der Waals surface area contributed by atoms with E-state index in [-0.39, 0.29) is 12.3 Å². The summed E-state index contributed by atoms with van der Waals surface area (Å²) in [5.74, 6) is -1.09. The average molecular weight is 376 g/mol. The van der Waals surface area contributed by atoms with Crippen molar-refractivity contribution in [3.63, 3.8) is 0 Å². The van der Waals surface area contributed by atoms with Gasteiger partial charge in [-0.3, -0.25) is 14.9 Å². The summed E-state index contributed by atoms with van der Waals surface area (Å²) >= 11 is 0. The van der Waals surface area contributed by atoms with Crippen LogP contribution in [0.3, 0.4) is 0 Å². The number of hydrogen-bond acceptors (Lipinski definition) is 4. The van der Waals surface area contributed by atoms with Crippen molar-refractivity contribution < 1.29 is 24.6 Å². The smallest absolute Gasteiger partial charge is 0.324 e. The second-order valence-corrected chi connectivity index (χ2v) is 7.07.